The van der Waals surface area contributed by atoms with E-state index in [9.17, 15) is 4.79 Å². The summed E-state index contributed by atoms with van der Waals surface area (Å²) in [5.74, 6) is 0.316. The second-order valence-corrected chi connectivity index (χ2v) is 4.78. The van der Waals surface area contributed by atoms with Crippen LogP contribution in [0.2, 0.25) is 0 Å². The maximum Gasteiger partial charge on any atom is 0.373 e. The first-order chi connectivity index (χ1) is 7.58. The summed E-state index contributed by atoms with van der Waals surface area (Å²) >= 11 is 0. The van der Waals surface area contributed by atoms with Gasteiger partial charge >= 0.3 is 5.97 Å². The number of aromatic carboxylic acids is 1. The number of carboxylic acids is 1. The molecule has 1 aliphatic carbocycles. The summed E-state index contributed by atoms with van der Waals surface area (Å²) in [5, 5.41) is 9.00. The molecule has 0 saturated heterocycles. The lowest BCUT2D eigenvalue weighted by Crippen LogP contribution is -2.13. The highest BCUT2D eigenvalue weighted by molar-refractivity contribution is 5.85. The number of rotatable bonds is 4. The van der Waals surface area contributed by atoms with Crippen LogP contribution < -0.4 is 0 Å². The maximum atomic E-state index is 11.0. The zero-order valence-corrected chi connectivity index (χ0v) is 9.69. The lowest BCUT2D eigenvalue weighted by molar-refractivity contribution is 0.0657. The van der Waals surface area contributed by atoms with Crippen LogP contribution in [0.4, 0.5) is 0 Å². The maximum absolute atomic E-state index is 11.0. The molecule has 1 heterocycles. The Morgan fingerprint density at radius 3 is 2.62 bits per heavy atom. The van der Waals surface area contributed by atoms with E-state index in [-0.39, 0.29) is 11.7 Å². The van der Waals surface area contributed by atoms with Crippen LogP contribution in [0, 0.1) is 5.92 Å². The molecule has 0 bridgehead atoms. The van der Waals surface area contributed by atoms with Gasteiger partial charge in [0.25, 0.3) is 0 Å². The van der Waals surface area contributed by atoms with Crippen LogP contribution in [0.25, 0.3) is 0 Å². The van der Waals surface area contributed by atoms with Crippen molar-refractivity contribution < 1.29 is 14.3 Å². The molecule has 0 amide bonds. The lowest BCUT2D eigenvalue weighted by Gasteiger charge is -2.23. The van der Waals surface area contributed by atoms with Gasteiger partial charge in [0, 0.05) is 6.42 Å². The fourth-order valence-electron chi connectivity index (χ4n) is 1.95. The minimum absolute atomic E-state index is 0.0179. The molecule has 2 rings (SSSR count). The normalized spacial score (nSPS) is 16.4. The largest absolute Gasteiger partial charge is 0.475 e. The summed E-state index contributed by atoms with van der Waals surface area (Å²) in [6, 6.07) is 0. The Balaban J connectivity index is 2.19. The number of oxazole rings is 1. The van der Waals surface area contributed by atoms with Crippen LogP contribution in [0.1, 0.15) is 61.2 Å². The van der Waals surface area contributed by atoms with Gasteiger partial charge in [-0.25, -0.2) is 9.78 Å². The molecular formula is C12H17NO3. The van der Waals surface area contributed by atoms with E-state index < -0.39 is 5.97 Å². The van der Waals surface area contributed by atoms with Gasteiger partial charge in [0.05, 0.1) is 5.69 Å². The van der Waals surface area contributed by atoms with E-state index in [0.29, 0.717) is 17.5 Å². The van der Waals surface area contributed by atoms with Crippen molar-refractivity contribution in [2.75, 3.05) is 0 Å². The van der Waals surface area contributed by atoms with Gasteiger partial charge < -0.3 is 9.52 Å². The molecule has 88 valence electrons. The third-order valence-electron chi connectivity index (χ3n) is 3.13. The third kappa shape index (κ3) is 2.10. The predicted octanol–water partition coefficient (Wildman–Crippen LogP) is 2.84. The first-order valence-electron chi connectivity index (χ1n) is 5.80. The molecule has 0 spiro atoms. The van der Waals surface area contributed by atoms with Gasteiger partial charge in [-0.15, -0.1) is 0 Å². The van der Waals surface area contributed by atoms with E-state index in [0.717, 1.165) is 6.42 Å². The molecule has 4 heteroatoms. The van der Waals surface area contributed by atoms with Crippen molar-refractivity contribution in [3.63, 3.8) is 0 Å². The van der Waals surface area contributed by atoms with Crippen molar-refractivity contribution in [1.82, 2.24) is 4.98 Å². The fourth-order valence-corrected chi connectivity index (χ4v) is 1.95. The Morgan fingerprint density at radius 1 is 1.56 bits per heavy atom. The van der Waals surface area contributed by atoms with Gasteiger partial charge in [0.2, 0.25) is 5.76 Å². The standard InChI is InChI=1S/C12H17NO3/c1-7(2)10-11(12(14)15)16-9(13-10)6-8-4-3-5-8/h7-8H,3-6H2,1-2H3,(H,14,15). The van der Waals surface area contributed by atoms with Crippen LogP contribution in [0.3, 0.4) is 0 Å². The minimum atomic E-state index is -1.02. The third-order valence-corrected chi connectivity index (χ3v) is 3.13. The fraction of sp³-hybridized carbons (Fsp3) is 0.667. The molecule has 1 aromatic rings. The Morgan fingerprint density at radius 2 is 2.25 bits per heavy atom. The summed E-state index contributed by atoms with van der Waals surface area (Å²) in [7, 11) is 0. The molecule has 1 aliphatic rings. The molecule has 0 atom stereocenters. The second-order valence-electron chi connectivity index (χ2n) is 4.78. The van der Waals surface area contributed by atoms with Gasteiger partial charge in [0.1, 0.15) is 0 Å². The summed E-state index contributed by atoms with van der Waals surface area (Å²) in [5.41, 5.74) is 0.571. The van der Waals surface area contributed by atoms with E-state index in [4.69, 9.17) is 9.52 Å². The van der Waals surface area contributed by atoms with Gasteiger partial charge in [-0.1, -0.05) is 20.3 Å². The van der Waals surface area contributed by atoms with E-state index in [1.165, 1.54) is 19.3 Å². The van der Waals surface area contributed by atoms with E-state index in [2.05, 4.69) is 4.98 Å². The van der Waals surface area contributed by atoms with Crippen molar-refractivity contribution in [3.8, 4) is 0 Å². The molecule has 0 radical (unpaired) electrons. The molecular weight excluding hydrogens is 206 g/mol. The lowest BCUT2D eigenvalue weighted by atomic mass is 9.83. The second kappa shape index (κ2) is 4.28. The molecule has 1 N–H and O–H groups in total. The number of hydrogen-bond donors (Lipinski definition) is 1. The van der Waals surface area contributed by atoms with E-state index in [1.807, 2.05) is 13.8 Å². The molecule has 1 aromatic heterocycles. The first-order valence-corrected chi connectivity index (χ1v) is 5.80. The number of nitrogens with zero attached hydrogens (tertiary/aromatic N) is 1. The van der Waals surface area contributed by atoms with Crippen molar-refractivity contribution in [1.29, 1.82) is 0 Å². The zero-order valence-electron chi connectivity index (χ0n) is 9.69. The van der Waals surface area contributed by atoms with Crippen LogP contribution >= 0.6 is 0 Å². The monoisotopic (exact) mass is 223 g/mol. The Labute approximate surface area is 94.7 Å². The van der Waals surface area contributed by atoms with Crippen molar-refractivity contribution >= 4 is 5.97 Å². The first kappa shape index (κ1) is 11.2. The average Bonchev–Trinajstić information content (AvgIpc) is 2.55. The molecule has 1 saturated carbocycles. The molecule has 0 aromatic carbocycles. The smallest absolute Gasteiger partial charge is 0.373 e. The zero-order chi connectivity index (χ0) is 11.7. The van der Waals surface area contributed by atoms with E-state index >= 15 is 0 Å². The number of hydrogen-bond acceptors (Lipinski definition) is 3. The van der Waals surface area contributed by atoms with Gasteiger partial charge in [-0.05, 0) is 24.7 Å². The highest BCUT2D eigenvalue weighted by Gasteiger charge is 2.25. The highest BCUT2D eigenvalue weighted by atomic mass is 16.4. The van der Waals surface area contributed by atoms with E-state index in [1.54, 1.807) is 0 Å². The minimum Gasteiger partial charge on any atom is -0.475 e. The topological polar surface area (TPSA) is 63.3 Å². The van der Waals surface area contributed by atoms with Crippen LogP contribution in [-0.2, 0) is 6.42 Å². The quantitative estimate of drug-likeness (QED) is 0.852. The van der Waals surface area contributed by atoms with Gasteiger partial charge in [0.15, 0.2) is 5.89 Å². The average molecular weight is 223 g/mol. The molecule has 4 nitrogen and oxygen atoms in total. The number of aromatic nitrogens is 1. The van der Waals surface area contributed by atoms with Crippen LogP contribution in [0.15, 0.2) is 4.42 Å². The predicted molar refractivity (Wildman–Crippen MR) is 58.6 cm³/mol. The Hall–Kier alpha value is -1.32. The van der Waals surface area contributed by atoms with Crippen LogP contribution in [0.5, 0.6) is 0 Å². The summed E-state index contributed by atoms with van der Waals surface area (Å²) in [6.07, 6.45) is 4.48. The SMILES string of the molecule is CC(C)c1nc(CC2CCC2)oc1C(=O)O. The highest BCUT2D eigenvalue weighted by Crippen LogP contribution is 2.30. The Bertz CT molecular complexity index is 391. The van der Waals surface area contributed by atoms with Crippen molar-refractivity contribution in [2.45, 2.75) is 45.4 Å². The number of carbonyl (C=O) groups is 1. The Kier molecular flexibility index (Phi) is 2.99. The number of carboxylic acid groups (broad SMARTS) is 1. The summed E-state index contributed by atoms with van der Waals surface area (Å²) in [4.78, 5) is 15.3. The van der Waals surface area contributed by atoms with Gasteiger partial charge in [-0.3, -0.25) is 0 Å². The van der Waals surface area contributed by atoms with Gasteiger partial charge in [-0.2, -0.15) is 0 Å². The molecule has 16 heavy (non-hydrogen) atoms. The van der Waals surface area contributed by atoms with Crippen LogP contribution in [-0.4, -0.2) is 16.1 Å². The van der Waals surface area contributed by atoms with Crippen molar-refractivity contribution in [2.24, 2.45) is 5.92 Å². The molecule has 0 aliphatic heterocycles. The van der Waals surface area contributed by atoms with Crippen molar-refractivity contribution in [3.05, 3.63) is 17.3 Å². The molecule has 1 fully saturated rings. The summed E-state index contributed by atoms with van der Waals surface area (Å²) in [6.45, 7) is 3.86. The summed E-state index contributed by atoms with van der Waals surface area (Å²) < 4.78 is 5.33. The molecule has 0 unspecified atom stereocenters.